The molecule has 1 saturated heterocycles. The van der Waals surface area contributed by atoms with Crippen molar-refractivity contribution < 1.29 is 14.3 Å². The van der Waals surface area contributed by atoms with E-state index >= 15 is 0 Å². The van der Waals surface area contributed by atoms with Crippen LogP contribution in [0.3, 0.4) is 0 Å². The van der Waals surface area contributed by atoms with Gasteiger partial charge in [-0.15, -0.1) is 0 Å². The lowest BCUT2D eigenvalue weighted by atomic mass is 9.89. The van der Waals surface area contributed by atoms with Crippen LogP contribution < -0.4 is 10.3 Å². The van der Waals surface area contributed by atoms with Crippen LogP contribution in [0.2, 0.25) is 0 Å². The Morgan fingerprint density at radius 2 is 1.78 bits per heavy atom. The van der Waals surface area contributed by atoms with Gasteiger partial charge in [-0.05, 0) is 81.1 Å². The van der Waals surface area contributed by atoms with Gasteiger partial charge in [-0.1, -0.05) is 12.1 Å². The molecule has 0 bridgehead atoms. The number of benzene rings is 2. The van der Waals surface area contributed by atoms with Gasteiger partial charge in [-0.25, -0.2) is 4.98 Å². The summed E-state index contributed by atoms with van der Waals surface area (Å²) in [6, 6.07) is 14.5. The van der Waals surface area contributed by atoms with Gasteiger partial charge in [0.2, 0.25) is 5.91 Å². The molecule has 188 valence electrons. The Hall–Kier alpha value is -3.52. The highest BCUT2D eigenvalue weighted by Gasteiger charge is 2.30. The van der Waals surface area contributed by atoms with E-state index in [0.29, 0.717) is 60.9 Å². The number of hydrogen-bond acceptors (Lipinski definition) is 6. The quantitative estimate of drug-likeness (QED) is 0.465. The van der Waals surface area contributed by atoms with Crippen LogP contribution in [0.25, 0.3) is 10.9 Å². The van der Waals surface area contributed by atoms with Crippen LogP contribution in [-0.4, -0.2) is 64.7 Å². The van der Waals surface area contributed by atoms with E-state index in [1.807, 2.05) is 47.4 Å². The number of aromatic nitrogens is 2. The van der Waals surface area contributed by atoms with E-state index in [1.165, 1.54) is 0 Å². The zero-order chi connectivity index (χ0) is 25.1. The molecule has 0 unspecified atom stereocenters. The third kappa shape index (κ3) is 5.65. The second kappa shape index (κ2) is 10.6. The molecule has 0 atom stereocenters. The minimum atomic E-state index is -0.182. The molecule has 1 N–H and O–H groups in total. The number of rotatable bonds is 9. The van der Waals surface area contributed by atoms with E-state index in [1.54, 1.807) is 13.2 Å². The molecule has 2 heterocycles. The van der Waals surface area contributed by atoms with Crippen LogP contribution in [0, 0.1) is 11.8 Å². The number of para-hydroxylation sites is 1. The van der Waals surface area contributed by atoms with Crippen LogP contribution >= 0.6 is 0 Å². The Morgan fingerprint density at radius 3 is 2.47 bits per heavy atom. The van der Waals surface area contributed by atoms with Crippen molar-refractivity contribution in [3.8, 4) is 5.75 Å². The summed E-state index contributed by atoms with van der Waals surface area (Å²) < 4.78 is 5.18. The number of hydrogen-bond donors (Lipinski definition) is 1. The lowest BCUT2D eigenvalue weighted by Crippen LogP contribution is -2.45. The number of Topliss-reactive ketones (excluding diaryl/α,β-unsaturated/α-hetero) is 1. The number of methoxy groups -OCH3 is 1. The molecule has 3 aromatic rings. The smallest absolute Gasteiger partial charge is 0.258 e. The van der Waals surface area contributed by atoms with E-state index in [9.17, 15) is 14.4 Å². The van der Waals surface area contributed by atoms with Gasteiger partial charge in [0, 0.05) is 18.0 Å². The van der Waals surface area contributed by atoms with Gasteiger partial charge < -0.3 is 14.6 Å². The number of likely N-dealkylation sites (tertiary alicyclic amines) is 1. The third-order valence-electron chi connectivity index (χ3n) is 7.22. The predicted octanol–water partition coefficient (Wildman–Crippen LogP) is 3.27. The molecule has 8 nitrogen and oxygen atoms in total. The van der Waals surface area contributed by atoms with E-state index in [2.05, 4.69) is 14.9 Å². The minimum Gasteiger partial charge on any atom is -0.497 e. The van der Waals surface area contributed by atoms with Crippen LogP contribution in [0.4, 0.5) is 0 Å². The molecule has 2 aromatic carbocycles. The molecule has 36 heavy (non-hydrogen) atoms. The van der Waals surface area contributed by atoms with Crippen LogP contribution in [0.15, 0.2) is 53.3 Å². The maximum Gasteiger partial charge on any atom is 0.258 e. The van der Waals surface area contributed by atoms with Gasteiger partial charge in [-0.3, -0.25) is 19.3 Å². The van der Waals surface area contributed by atoms with Crippen molar-refractivity contribution in [2.75, 3.05) is 33.3 Å². The first-order valence-corrected chi connectivity index (χ1v) is 12.7. The highest BCUT2D eigenvalue weighted by atomic mass is 16.5. The van der Waals surface area contributed by atoms with Gasteiger partial charge in [0.1, 0.15) is 11.6 Å². The van der Waals surface area contributed by atoms with Crippen LogP contribution in [0.5, 0.6) is 5.75 Å². The molecule has 1 aliphatic heterocycles. The lowest BCUT2D eigenvalue weighted by Gasteiger charge is -2.32. The van der Waals surface area contributed by atoms with Crippen molar-refractivity contribution in [2.24, 2.45) is 11.8 Å². The van der Waals surface area contributed by atoms with E-state index in [-0.39, 0.29) is 23.2 Å². The van der Waals surface area contributed by atoms with Gasteiger partial charge >= 0.3 is 0 Å². The fraction of sp³-hybridized carbons (Fsp3) is 0.429. The van der Waals surface area contributed by atoms with E-state index in [0.717, 1.165) is 31.4 Å². The average Bonchev–Trinajstić information content (AvgIpc) is 3.72. The van der Waals surface area contributed by atoms with Gasteiger partial charge in [0.05, 0.1) is 31.1 Å². The highest BCUT2D eigenvalue weighted by molar-refractivity contribution is 5.98. The Labute approximate surface area is 210 Å². The molecular formula is C28H32N4O4. The Bertz CT molecular complexity index is 1290. The molecular weight excluding hydrogens is 456 g/mol. The van der Waals surface area contributed by atoms with Gasteiger partial charge in [0.15, 0.2) is 5.78 Å². The number of piperidine rings is 1. The standard InChI is InChI=1S/C28H32N4O4/c1-36-22-10-8-20(9-11-22)27(34)21-12-14-31(15-13-21)18-26(33)32(16-19-6-7-19)17-25-29-24-5-3-2-4-23(24)28(35)30-25/h2-5,8-11,19,21H,6-7,12-18H2,1H3,(H,29,30,35). The Kier molecular flexibility index (Phi) is 7.13. The number of carbonyl (C=O) groups is 2. The fourth-order valence-corrected chi connectivity index (χ4v) is 4.89. The number of ketones is 1. The maximum absolute atomic E-state index is 13.3. The molecule has 2 aliphatic rings. The SMILES string of the molecule is COc1ccc(C(=O)C2CCN(CC(=O)N(Cc3nc4ccccc4c(=O)[nH]3)CC3CC3)CC2)cc1. The van der Waals surface area contributed by atoms with Gasteiger partial charge in [0.25, 0.3) is 5.56 Å². The lowest BCUT2D eigenvalue weighted by molar-refractivity contribution is -0.133. The number of nitrogens with zero attached hydrogens (tertiary/aromatic N) is 3. The number of ether oxygens (including phenoxy) is 1. The molecule has 8 heteroatoms. The summed E-state index contributed by atoms with van der Waals surface area (Å²) in [5, 5.41) is 0.549. The maximum atomic E-state index is 13.3. The average molecular weight is 489 g/mol. The summed E-state index contributed by atoms with van der Waals surface area (Å²) in [6.45, 7) is 2.71. The first-order chi connectivity index (χ1) is 17.5. The van der Waals surface area contributed by atoms with Crippen molar-refractivity contribution >= 4 is 22.6 Å². The predicted molar refractivity (Wildman–Crippen MR) is 137 cm³/mol. The molecule has 1 aromatic heterocycles. The summed E-state index contributed by atoms with van der Waals surface area (Å²) >= 11 is 0. The zero-order valence-electron chi connectivity index (χ0n) is 20.6. The molecule has 1 aliphatic carbocycles. The Morgan fingerprint density at radius 1 is 1.06 bits per heavy atom. The van der Waals surface area contributed by atoms with Crippen LogP contribution in [-0.2, 0) is 11.3 Å². The zero-order valence-corrected chi connectivity index (χ0v) is 20.6. The number of nitrogens with one attached hydrogen (secondary N) is 1. The van der Waals surface area contributed by atoms with E-state index in [4.69, 9.17) is 4.74 Å². The molecule has 0 spiro atoms. The first-order valence-electron chi connectivity index (χ1n) is 12.7. The van der Waals surface area contributed by atoms with Crippen molar-refractivity contribution in [2.45, 2.75) is 32.2 Å². The van der Waals surface area contributed by atoms with Crippen molar-refractivity contribution in [1.29, 1.82) is 0 Å². The molecule has 1 amide bonds. The summed E-state index contributed by atoms with van der Waals surface area (Å²) in [7, 11) is 1.61. The number of H-pyrrole nitrogens is 1. The topological polar surface area (TPSA) is 95.6 Å². The minimum absolute atomic E-state index is 0.0285. The first kappa shape index (κ1) is 24.2. The van der Waals surface area contributed by atoms with Crippen molar-refractivity contribution in [3.05, 3.63) is 70.3 Å². The monoisotopic (exact) mass is 488 g/mol. The number of aromatic amines is 1. The number of amides is 1. The third-order valence-corrected chi connectivity index (χ3v) is 7.22. The summed E-state index contributed by atoms with van der Waals surface area (Å²) in [5.74, 6) is 1.94. The fourth-order valence-electron chi connectivity index (χ4n) is 4.89. The second-order valence-electron chi connectivity index (χ2n) is 9.89. The number of fused-ring (bicyclic) bond motifs is 1. The normalized spacial score (nSPS) is 16.7. The summed E-state index contributed by atoms with van der Waals surface area (Å²) in [4.78, 5) is 50.1. The summed E-state index contributed by atoms with van der Waals surface area (Å²) in [5.41, 5.74) is 1.16. The molecule has 2 fully saturated rings. The van der Waals surface area contributed by atoms with E-state index < -0.39 is 0 Å². The Balaban J connectivity index is 1.19. The highest BCUT2D eigenvalue weighted by Crippen LogP contribution is 2.30. The van der Waals surface area contributed by atoms with Crippen molar-refractivity contribution in [3.63, 3.8) is 0 Å². The van der Waals surface area contributed by atoms with Crippen LogP contribution in [0.1, 0.15) is 41.9 Å². The van der Waals surface area contributed by atoms with Crippen molar-refractivity contribution in [1.82, 2.24) is 19.8 Å². The largest absolute Gasteiger partial charge is 0.497 e. The molecule has 5 rings (SSSR count). The molecule has 1 saturated carbocycles. The van der Waals surface area contributed by atoms with Gasteiger partial charge in [-0.2, -0.15) is 0 Å². The molecule has 0 radical (unpaired) electrons. The summed E-state index contributed by atoms with van der Waals surface area (Å²) in [6.07, 6.45) is 3.73. The second-order valence-corrected chi connectivity index (χ2v) is 9.89. The number of carbonyl (C=O) groups excluding carboxylic acids is 2.